The lowest BCUT2D eigenvalue weighted by Gasteiger charge is -2.03. The van der Waals surface area contributed by atoms with E-state index in [1.807, 2.05) is 0 Å². The summed E-state index contributed by atoms with van der Waals surface area (Å²) in [4.78, 5) is 13.1. The van der Waals surface area contributed by atoms with Gasteiger partial charge in [-0.25, -0.2) is 17.8 Å². The topological polar surface area (TPSA) is 81.1 Å². The average molecular weight is 325 g/mol. The van der Waals surface area contributed by atoms with Gasteiger partial charge < -0.3 is 0 Å². The van der Waals surface area contributed by atoms with Gasteiger partial charge in [-0.3, -0.25) is 4.79 Å². The maximum atomic E-state index is 12.3. The predicted octanol–water partition coefficient (Wildman–Crippen LogP) is 1.26. The molecule has 2 heterocycles. The van der Waals surface area contributed by atoms with Crippen molar-refractivity contribution in [3.8, 4) is 10.6 Å². The van der Waals surface area contributed by atoms with E-state index in [-0.39, 0.29) is 11.6 Å². The fourth-order valence-electron chi connectivity index (χ4n) is 1.98. The molecule has 1 aliphatic carbocycles. The lowest BCUT2D eigenvalue weighted by Crippen LogP contribution is -2.25. The van der Waals surface area contributed by atoms with Crippen molar-refractivity contribution in [3.63, 3.8) is 0 Å². The molecule has 2 aromatic heterocycles. The molecule has 0 bridgehead atoms. The largest absolute Gasteiger partial charge is 0.268 e. The molecule has 0 aliphatic heterocycles. The number of aryl methyl sites for hydroxylation is 2. The molecule has 0 radical (unpaired) electrons. The van der Waals surface area contributed by atoms with Crippen LogP contribution in [0.1, 0.15) is 17.7 Å². The van der Waals surface area contributed by atoms with Gasteiger partial charge in [0, 0.05) is 24.0 Å². The van der Waals surface area contributed by atoms with E-state index in [4.69, 9.17) is 0 Å². The quantitative estimate of drug-likeness (QED) is 0.917. The Morgan fingerprint density at radius 3 is 2.71 bits per heavy atom. The zero-order valence-electron chi connectivity index (χ0n) is 11.7. The highest BCUT2D eigenvalue weighted by Crippen LogP contribution is 2.33. The molecule has 0 aromatic carbocycles. The molecule has 1 saturated carbocycles. The molecule has 1 N–H and O–H groups in total. The highest BCUT2D eigenvalue weighted by Gasteiger charge is 2.30. The van der Waals surface area contributed by atoms with Crippen LogP contribution in [0.5, 0.6) is 0 Å². The maximum absolute atomic E-state index is 12.3. The molecule has 21 heavy (non-hydrogen) atoms. The van der Waals surface area contributed by atoms with E-state index in [0.717, 1.165) is 17.7 Å². The van der Waals surface area contributed by atoms with Crippen molar-refractivity contribution in [2.75, 3.05) is 0 Å². The molecule has 0 spiro atoms. The Kier molecular flexibility index (Phi) is 3.46. The van der Waals surface area contributed by atoms with E-state index in [1.165, 1.54) is 22.1 Å². The van der Waals surface area contributed by atoms with E-state index < -0.39 is 10.0 Å². The zero-order valence-corrected chi connectivity index (χ0v) is 13.3. The molecule has 0 atom stereocenters. The van der Waals surface area contributed by atoms with Crippen LogP contribution in [0, 0.1) is 6.92 Å². The first-order valence-corrected chi connectivity index (χ1v) is 8.84. The van der Waals surface area contributed by atoms with Gasteiger partial charge in [0.2, 0.25) is 10.0 Å². The van der Waals surface area contributed by atoms with E-state index in [0.29, 0.717) is 15.5 Å². The summed E-state index contributed by atoms with van der Waals surface area (Å²) in [5.74, 6) is 0. The third-order valence-electron chi connectivity index (χ3n) is 3.27. The van der Waals surface area contributed by atoms with Gasteiger partial charge in [-0.2, -0.15) is 5.10 Å². The van der Waals surface area contributed by atoms with Crippen LogP contribution in [0.2, 0.25) is 0 Å². The van der Waals surface area contributed by atoms with Gasteiger partial charge in [0.25, 0.3) is 5.56 Å². The highest BCUT2D eigenvalue weighted by molar-refractivity contribution is 7.89. The van der Waals surface area contributed by atoms with E-state index in [1.54, 1.807) is 26.1 Å². The second-order valence-corrected chi connectivity index (χ2v) is 8.05. The second-order valence-electron chi connectivity index (χ2n) is 5.11. The van der Waals surface area contributed by atoms with Crippen LogP contribution >= 0.6 is 11.3 Å². The number of hydrogen-bond donors (Lipinski definition) is 1. The molecule has 112 valence electrons. The van der Waals surface area contributed by atoms with Crippen LogP contribution < -0.4 is 10.3 Å². The Morgan fingerprint density at radius 2 is 2.10 bits per heavy atom. The molecular formula is C13H15N3O3S2. The SMILES string of the molecule is Cc1sc(-c2ccc(=O)n(C)n2)cc1S(=O)(=O)NC1CC1. The Labute approximate surface area is 126 Å². The lowest BCUT2D eigenvalue weighted by molar-refractivity contribution is 0.581. The molecule has 3 rings (SSSR count). The summed E-state index contributed by atoms with van der Waals surface area (Å²) < 4.78 is 28.5. The van der Waals surface area contributed by atoms with Crippen molar-refractivity contribution < 1.29 is 8.42 Å². The van der Waals surface area contributed by atoms with E-state index >= 15 is 0 Å². The second kappa shape index (κ2) is 5.04. The van der Waals surface area contributed by atoms with Gasteiger partial charge in [-0.05, 0) is 31.9 Å². The molecule has 1 fully saturated rings. The van der Waals surface area contributed by atoms with E-state index in [9.17, 15) is 13.2 Å². The number of nitrogens with zero attached hydrogens (tertiary/aromatic N) is 2. The summed E-state index contributed by atoms with van der Waals surface area (Å²) in [7, 11) is -1.90. The zero-order chi connectivity index (χ0) is 15.2. The molecule has 1 aliphatic rings. The molecule has 0 saturated heterocycles. The van der Waals surface area contributed by atoms with Crippen LogP contribution in [0.4, 0.5) is 0 Å². The number of nitrogens with one attached hydrogen (secondary N) is 1. The Balaban J connectivity index is 2.00. The number of hydrogen-bond acceptors (Lipinski definition) is 5. The summed E-state index contributed by atoms with van der Waals surface area (Å²) in [6.45, 7) is 1.78. The van der Waals surface area contributed by atoms with Gasteiger partial charge in [0.15, 0.2) is 0 Å². The molecule has 8 heteroatoms. The van der Waals surface area contributed by atoms with Crippen LogP contribution in [-0.4, -0.2) is 24.2 Å². The number of sulfonamides is 1. The summed E-state index contributed by atoms with van der Waals surface area (Å²) >= 11 is 1.36. The number of rotatable bonds is 4. The minimum absolute atomic E-state index is 0.0772. The van der Waals surface area contributed by atoms with Crippen molar-refractivity contribution in [2.45, 2.75) is 30.7 Å². The van der Waals surface area contributed by atoms with Crippen LogP contribution in [0.3, 0.4) is 0 Å². The van der Waals surface area contributed by atoms with Crippen molar-refractivity contribution in [3.05, 3.63) is 33.4 Å². The fraction of sp³-hybridized carbons (Fsp3) is 0.385. The first-order chi connectivity index (χ1) is 9.87. The minimum Gasteiger partial charge on any atom is -0.268 e. The lowest BCUT2D eigenvalue weighted by atomic mass is 10.3. The monoisotopic (exact) mass is 325 g/mol. The van der Waals surface area contributed by atoms with Crippen LogP contribution in [0.15, 0.2) is 27.9 Å². The van der Waals surface area contributed by atoms with Gasteiger partial charge in [-0.15, -0.1) is 11.3 Å². The summed E-state index contributed by atoms with van der Waals surface area (Å²) in [6, 6.07) is 4.73. The van der Waals surface area contributed by atoms with Gasteiger partial charge >= 0.3 is 0 Å². The minimum atomic E-state index is -3.47. The standard InChI is InChI=1S/C13H15N3O3S2/c1-8-12(21(18,19)15-9-3-4-9)7-11(20-8)10-5-6-13(17)16(2)14-10/h5-7,9,15H,3-4H2,1-2H3. The molecule has 0 amide bonds. The first-order valence-electron chi connectivity index (χ1n) is 6.54. The van der Waals surface area contributed by atoms with Crippen molar-refractivity contribution in [1.82, 2.24) is 14.5 Å². The maximum Gasteiger partial charge on any atom is 0.266 e. The van der Waals surface area contributed by atoms with Crippen LogP contribution in [-0.2, 0) is 17.1 Å². The van der Waals surface area contributed by atoms with Crippen molar-refractivity contribution in [1.29, 1.82) is 0 Å². The Morgan fingerprint density at radius 1 is 1.38 bits per heavy atom. The highest BCUT2D eigenvalue weighted by atomic mass is 32.2. The average Bonchev–Trinajstić information content (AvgIpc) is 3.11. The van der Waals surface area contributed by atoms with Crippen molar-refractivity contribution >= 4 is 21.4 Å². The summed E-state index contributed by atoms with van der Waals surface area (Å²) in [5.41, 5.74) is 0.397. The number of aromatic nitrogens is 2. The Bertz CT molecular complexity index is 848. The van der Waals surface area contributed by atoms with Crippen LogP contribution in [0.25, 0.3) is 10.6 Å². The van der Waals surface area contributed by atoms with Gasteiger partial charge in [0.1, 0.15) is 5.69 Å². The van der Waals surface area contributed by atoms with Gasteiger partial charge in [-0.1, -0.05) is 0 Å². The Hall–Kier alpha value is -1.51. The molecular weight excluding hydrogens is 310 g/mol. The summed E-state index contributed by atoms with van der Waals surface area (Å²) in [5, 5.41) is 4.15. The van der Waals surface area contributed by atoms with Gasteiger partial charge in [0.05, 0.1) is 9.77 Å². The molecule has 6 nitrogen and oxygen atoms in total. The fourth-order valence-corrected chi connectivity index (χ4v) is 4.84. The normalized spacial score (nSPS) is 15.3. The third-order valence-corrected chi connectivity index (χ3v) is 6.12. The van der Waals surface area contributed by atoms with E-state index in [2.05, 4.69) is 9.82 Å². The third kappa shape index (κ3) is 2.92. The predicted molar refractivity (Wildman–Crippen MR) is 80.9 cm³/mol. The first kappa shape index (κ1) is 14.4. The summed E-state index contributed by atoms with van der Waals surface area (Å²) in [6.07, 6.45) is 1.80. The molecule has 0 unspecified atom stereocenters. The molecule has 2 aromatic rings. The number of thiophene rings is 1. The smallest absolute Gasteiger partial charge is 0.266 e. The van der Waals surface area contributed by atoms with Crippen molar-refractivity contribution in [2.24, 2.45) is 7.05 Å².